The van der Waals surface area contributed by atoms with Crippen LogP contribution in [0.2, 0.25) is 10.0 Å². The number of ketones is 1. The maximum absolute atomic E-state index is 13.0. The lowest BCUT2D eigenvalue weighted by Crippen LogP contribution is -2.36. The van der Waals surface area contributed by atoms with E-state index in [2.05, 4.69) is 5.32 Å². The van der Waals surface area contributed by atoms with Crippen LogP contribution in [0.3, 0.4) is 0 Å². The van der Waals surface area contributed by atoms with E-state index >= 15 is 0 Å². The summed E-state index contributed by atoms with van der Waals surface area (Å²) in [6, 6.07) is 10.4. The van der Waals surface area contributed by atoms with Gasteiger partial charge in [0.1, 0.15) is 0 Å². The minimum atomic E-state index is -1.09. The van der Waals surface area contributed by atoms with Crippen molar-refractivity contribution in [3.05, 3.63) is 80.5 Å². The van der Waals surface area contributed by atoms with Gasteiger partial charge in [0.05, 0.1) is 32.5 Å². The van der Waals surface area contributed by atoms with Gasteiger partial charge in [-0.2, -0.15) is 0 Å². The summed E-state index contributed by atoms with van der Waals surface area (Å²) in [4.78, 5) is 37.0. The minimum Gasteiger partial charge on any atom is -0.478 e. The largest absolute Gasteiger partial charge is 0.478 e. The van der Waals surface area contributed by atoms with E-state index in [0.29, 0.717) is 17.7 Å². The van der Waals surface area contributed by atoms with E-state index in [9.17, 15) is 14.4 Å². The molecule has 160 valence electrons. The highest BCUT2D eigenvalue weighted by Gasteiger charge is 2.36. The van der Waals surface area contributed by atoms with E-state index in [4.69, 9.17) is 33.7 Å². The molecular formula is C23H20Cl2N2O4. The lowest BCUT2D eigenvalue weighted by Gasteiger charge is -2.32. The molecule has 2 aromatic carbocycles. The number of aromatic carboxylic acids is 1. The highest BCUT2D eigenvalue weighted by Crippen LogP contribution is 2.37. The standard InChI is InChI=1S/C23H20Cl2N2O4/c1-23(2)10-16(27-21(29)18-14(24)4-3-5-15(18)25)19(17(28)11-23)20(26)12-6-8-13(9-7-12)22(30)31/h3-9,26H,10-11H2,1-2H3,(H,27,29)(H,30,31). The first-order valence-corrected chi connectivity index (χ1v) is 10.2. The number of carbonyl (C=O) groups is 3. The number of carboxylic acid groups (broad SMARTS) is 1. The summed E-state index contributed by atoms with van der Waals surface area (Å²) in [7, 11) is 0. The van der Waals surface area contributed by atoms with Gasteiger partial charge in [-0.15, -0.1) is 0 Å². The molecule has 0 radical (unpaired) electrons. The second-order valence-electron chi connectivity index (χ2n) is 8.10. The fourth-order valence-corrected chi connectivity index (χ4v) is 4.12. The Kier molecular flexibility index (Phi) is 6.34. The van der Waals surface area contributed by atoms with Crippen molar-refractivity contribution in [3.63, 3.8) is 0 Å². The number of hydrogen-bond donors (Lipinski definition) is 3. The van der Waals surface area contributed by atoms with Crippen LogP contribution in [0, 0.1) is 10.8 Å². The molecule has 0 spiro atoms. The molecule has 0 aliphatic heterocycles. The summed E-state index contributed by atoms with van der Waals surface area (Å²) in [5.74, 6) is -1.93. The van der Waals surface area contributed by atoms with Crippen LogP contribution in [0.25, 0.3) is 0 Å². The Morgan fingerprint density at radius 1 is 1.00 bits per heavy atom. The van der Waals surface area contributed by atoms with Crippen LogP contribution in [0.4, 0.5) is 0 Å². The summed E-state index contributed by atoms with van der Waals surface area (Å²) < 4.78 is 0. The monoisotopic (exact) mass is 458 g/mol. The molecule has 0 unspecified atom stereocenters. The minimum absolute atomic E-state index is 0.0727. The molecule has 0 saturated carbocycles. The van der Waals surface area contributed by atoms with Crippen molar-refractivity contribution in [2.75, 3.05) is 0 Å². The SMILES string of the molecule is CC1(C)CC(=O)C(C(=N)c2ccc(C(=O)O)cc2)=C(NC(=O)c2c(Cl)cccc2Cl)C1. The molecule has 3 N–H and O–H groups in total. The molecule has 1 aliphatic carbocycles. The average molecular weight is 459 g/mol. The van der Waals surface area contributed by atoms with Gasteiger partial charge in [-0.3, -0.25) is 15.0 Å². The third-order valence-electron chi connectivity index (χ3n) is 5.00. The van der Waals surface area contributed by atoms with E-state index in [1.54, 1.807) is 18.2 Å². The van der Waals surface area contributed by atoms with Crippen molar-refractivity contribution in [2.24, 2.45) is 5.41 Å². The molecule has 1 aliphatic rings. The zero-order chi connectivity index (χ0) is 22.9. The maximum atomic E-state index is 13.0. The van der Waals surface area contributed by atoms with Gasteiger partial charge in [0.25, 0.3) is 5.91 Å². The maximum Gasteiger partial charge on any atom is 0.335 e. The van der Waals surface area contributed by atoms with Crippen LogP contribution in [-0.2, 0) is 4.79 Å². The number of rotatable bonds is 5. The Labute approximate surface area is 189 Å². The van der Waals surface area contributed by atoms with E-state index in [-0.39, 0.29) is 44.7 Å². The molecule has 31 heavy (non-hydrogen) atoms. The van der Waals surface area contributed by atoms with Gasteiger partial charge < -0.3 is 10.4 Å². The molecule has 3 rings (SSSR count). The number of halogens is 2. The van der Waals surface area contributed by atoms with Crippen molar-refractivity contribution in [2.45, 2.75) is 26.7 Å². The number of carboxylic acids is 1. The summed E-state index contributed by atoms with van der Waals surface area (Å²) in [6.45, 7) is 3.81. The van der Waals surface area contributed by atoms with E-state index in [1.165, 1.54) is 24.3 Å². The Morgan fingerprint density at radius 2 is 1.55 bits per heavy atom. The van der Waals surface area contributed by atoms with Crippen LogP contribution >= 0.6 is 23.2 Å². The molecule has 0 fully saturated rings. The normalized spacial score (nSPS) is 15.5. The van der Waals surface area contributed by atoms with Crippen molar-refractivity contribution < 1.29 is 19.5 Å². The summed E-state index contributed by atoms with van der Waals surface area (Å²) in [5.41, 5.74) is 0.442. The van der Waals surface area contributed by atoms with Crippen molar-refractivity contribution in [1.82, 2.24) is 5.32 Å². The van der Waals surface area contributed by atoms with Gasteiger partial charge in [-0.05, 0) is 36.1 Å². The third-order valence-corrected chi connectivity index (χ3v) is 5.63. The number of benzene rings is 2. The predicted molar refractivity (Wildman–Crippen MR) is 119 cm³/mol. The molecule has 0 bridgehead atoms. The number of Topliss-reactive ketones (excluding diaryl/α,β-unsaturated/α-hetero) is 1. The van der Waals surface area contributed by atoms with Crippen molar-refractivity contribution in [1.29, 1.82) is 5.41 Å². The first-order chi connectivity index (χ1) is 14.5. The van der Waals surface area contributed by atoms with Gasteiger partial charge >= 0.3 is 5.97 Å². The van der Waals surface area contributed by atoms with Crippen molar-refractivity contribution in [3.8, 4) is 0 Å². The first kappa shape index (κ1) is 22.7. The van der Waals surface area contributed by atoms with Gasteiger partial charge in [0, 0.05) is 17.7 Å². The van der Waals surface area contributed by atoms with Crippen LogP contribution in [0.5, 0.6) is 0 Å². The molecule has 6 nitrogen and oxygen atoms in total. The fraction of sp³-hybridized carbons (Fsp3) is 0.217. The van der Waals surface area contributed by atoms with Gasteiger partial charge in [0.15, 0.2) is 5.78 Å². The molecule has 0 aromatic heterocycles. The van der Waals surface area contributed by atoms with Crippen LogP contribution in [-0.4, -0.2) is 28.5 Å². The second kappa shape index (κ2) is 8.65. The molecule has 1 amide bonds. The number of nitrogens with one attached hydrogen (secondary N) is 2. The van der Waals surface area contributed by atoms with E-state index in [1.807, 2.05) is 13.8 Å². The van der Waals surface area contributed by atoms with Gasteiger partial charge in [0.2, 0.25) is 0 Å². The quantitative estimate of drug-likeness (QED) is 0.539. The fourth-order valence-electron chi connectivity index (χ4n) is 3.56. The molecule has 0 heterocycles. The smallest absolute Gasteiger partial charge is 0.335 e. The molecule has 0 saturated heterocycles. The number of hydrogen-bond acceptors (Lipinski definition) is 4. The molecule has 0 atom stereocenters. The Bertz CT molecular complexity index is 1110. The van der Waals surface area contributed by atoms with Crippen LogP contribution in [0.15, 0.2) is 53.7 Å². The zero-order valence-electron chi connectivity index (χ0n) is 16.9. The second-order valence-corrected chi connectivity index (χ2v) is 8.92. The Morgan fingerprint density at radius 3 is 2.10 bits per heavy atom. The predicted octanol–water partition coefficient (Wildman–Crippen LogP) is 5.13. The number of amides is 1. The van der Waals surface area contributed by atoms with Gasteiger partial charge in [-0.1, -0.05) is 55.2 Å². The Hall–Kier alpha value is -2.96. The van der Waals surface area contributed by atoms with Crippen LogP contribution in [0.1, 0.15) is 53.0 Å². The van der Waals surface area contributed by atoms with E-state index < -0.39 is 17.3 Å². The molecule has 2 aromatic rings. The lowest BCUT2D eigenvalue weighted by molar-refractivity contribution is -0.117. The summed E-state index contributed by atoms with van der Waals surface area (Å²) in [5, 5.41) is 20.8. The Balaban J connectivity index is 2.04. The molecule has 8 heteroatoms. The average Bonchev–Trinajstić information content (AvgIpc) is 2.66. The van der Waals surface area contributed by atoms with Crippen molar-refractivity contribution >= 4 is 46.6 Å². The molecular weight excluding hydrogens is 439 g/mol. The zero-order valence-corrected chi connectivity index (χ0v) is 18.4. The van der Waals surface area contributed by atoms with E-state index in [0.717, 1.165) is 0 Å². The number of carbonyl (C=O) groups excluding carboxylic acids is 2. The topological polar surface area (TPSA) is 107 Å². The lowest BCUT2D eigenvalue weighted by atomic mass is 9.74. The summed E-state index contributed by atoms with van der Waals surface area (Å²) in [6.07, 6.45) is 0.571. The third kappa shape index (κ3) is 4.86. The van der Waals surface area contributed by atoms with Gasteiger partial charge in [-0.25, -0.2) is 4.79 Å². The van der Waals surface area contributed by atoms with Crippen LogP contribution < -0.4 is 5.32 Å². The number of allylic oxidation sites excluding steroid dienone is 2. The highest BCUT2D eigenvalue weighted by atomic mass is 35.5. The summed E-state index contributed by atoms with van der Waals surface area (Å²) >= 11 is 12.3. The first-order valence-electron chi connectivity index (χ1n) is 9.44. The highest BCUT2D eigenvalue weighted by molar-refractivity contribution is 6.39.